The van der Waals surface area contributed by atoms with Crippen LogP contribution in [0.2, 0.25) is 0 Å². The highest BCUT2D eigenvalue weighted by Crippen LogP contribution is 2.26. The normalized spacial score (nSPS) is 27.6. The number of ether oxygens (including phenoxy) is 1. The second-order valence-corrected chi connectivity index (χ2v) is 5.59. The molecule has 0 bridgehead atoms. The number of rotatable bonds is 3. The first-order valence-electron chi connectivity index (χ1n) is 7.20. The van der Waals surface area contributed by atoms with E-state index in [2.05, 4.69) is 12.2 Å². The molecule has 1 saturated carbocycles. The van der Waals surface area contributed by atoms with Gasteiger partial charge in [-0.05, 0) is 38.5 Å². The van der Waals surface area contributed by atoms with Crippen LogP contribution in [0, 0.1) is 5.92 Å². The summed E-state index contributed by atoms with van der Waals surface area (Å²) in [5, 5.41) is 3.84. The minimum atomic E-state index is 0.709. The third kappa shape index (κ3) is 3.74. The van der Waals surface area contributed by atoms with Crippen LogP contribution in [-0.4, -0.2) is 25.3 Å². The summed E-state index contributed by atoms with van der Waals surface area (Å²) in [4.78, 5) is 0. The van der Waals surface area contributed by atoms with Gasteiger partial charge in [-0.25, -0.2) is 0 Å². The van der Waals surface area contributed by atoms with E-state index in [9.17, 15) is 0 Å². The quantitative estimate of drug-likeness (QED) is 0.745. The summed E-state index contributed by atoms with van der Waals surface area (Å²) in [6, 6.07) is 1.42. The van der Waals surface area contributed by atoms with Crippen LogP contribution in [0.4, 0.5) is 0 Å². The molecule has 2 heteroatoms. The third-order valence-electron chi connectivity index (χ3n) is 4.33. The lowest BCUT2D eigenvalue weighted by atomic mass is 9.92. The standard InChI is InChI=1S/C14H27NO/c1-12(13-6-4-2-3-5-7-13)15-14-8-10-16-11-9-14/h12-15H,2-11H2,1H3/t12-/m1/s1. The molecule has 0 aromatic heterocycles. The summed E-state index contributed by atoms with van der Waals surface area (Å²) >= 11 is 0. The largest absolute Gasteiger partial charge is 0.381 e. The first kappa shape index (κ1) is 12.4. The molecule has 1 saturated heterocycles. The van der Waals surface area contributed by atoms with Crippen molar-refractivity contribution in [3.63, 3.8) is 0 Å². The van der Waals surface area contributed by atoms with Crippen molar-refractivity contribution in [2.75, 3.05) is 13.2 Å². The van der Waals surface area contributed by atoms with Gasteiger partial charge in [-0.1, -0.05) is 25.7 Å². The van der Waals surface area contributed by atoms with Crippen molar-refractivity contribution < 1.29 is 4.74 Å². The third-order valence-corrected chi connectivity index (χ3v) is 4.33. The highest BCUT2D eigenvalue weighted by atomic mass is 16.5. The van der Waals surface area contributed by atoms with E-state index < -0.39 is 0 Å². The molecule has 2 fully saturated rings. The van der Waals surface area contributed by atoms with Crippen LogP contribution >= 0.6 is 0 Å². The summed E-state index contributed by atoms with van der Waals surface area (Å²) in [7, 11) is 0. The van der Waals surface area contributed by atoms with Gasteiger partial charge in [-0.3, -0.25) is 0 Å². The van der Waals surface area contributed by atoms with Crippen molar-refractivity contribution >= 4 is 0 Å². The van der Waals surface area contributed by atoms with Crippen LogP contribution in [-0.2, 0) is 4.74 Å². The van der Waals surface area contributed by atoms with Crippen molar-refractivity contribution in [3.05, 3.63) is 0 Å². The fourth-order valence-corrected chi connectivity index (χ4v) is 3.18. The van der Waals surface area contributed by atoms with Gasteiger partial charge in [-0.15, -0.1) is 0 Å². The van der Waals surface area contributed by atoms with E-state index in [-0.39, 0.29) is 0 Å². The molecule has 1 N–H and O–H groups in total. The lowest BCUT2D eigenvalue weighted by molar-refractivity contribution is 0.0725. The van der Waals surface area contributed by atoms with E-state index >= 15 is 0 Å². The molecule has 0 amide bonds. The molecule has 94 valence electrons. The SMILES string of the molecule is C[C@@H](NC1CCOCC1)C1CCCCCC1. The minimum Gasteiger partial charge on any atom is -0.381 e. The van der Waals surface area contributed by atoms with Gasteiger partial charge in [-0.2, -0.15) is 0 Å². The van der Waals surface area contributed by atoms with E-state index in [1.54, 1.807) is 0 Å². The molecular formula is C14H27NO. The Morgan fingerprint density at radius 2 is 1.56 bits per heavy atom. The molecule has 1 aliphatic heterocycles. The molecule has 2 rings (SSSR count). The maximum Gasteiger partial charge on any atom is 0.0480 e. The average Bonchev–Trinajstić information content (AvgIpc) is 2.59. The van der Waals surface area contributed by atoms with Crippen LogP contribution in [0.25, 0.3) is 0 Å². The zero-order valence-electron chi connectivity index (χ0n) is 10.7. The smallest absolute Gasteiger partial charge is 0.0480 e. The topological polar surface area (TPSA) is 21.3 Å². The Morgan fingerprint density at radius 1 is 0.938 bits per heavy atom. The van der Waals surface area contributed by atoms with Gasteiger partial charge in [0.15, 0.2) is 0 Å². The van der Waals surface area contributed by atoms with Crippen LogP contribution in [0.3, 0.4) is 0 Å². The molecule has 2 aliphatic rings. The van der Waals surface area contributed by atoms with Gasteiger partial charge >= 0.3 is 0 Å². The molecule has 0 spiro atoms. The van der Waals surface area contributed by atoms with Gasteiger partial charge in [0.2, 0.25) is 0 Å². The van der Waals surface area contributed by atoms with E-state index in [0.717, 1.165) is 19.1 Å². The summed E-state index contributed by atoms with van der Waals surface area (Å²) in [6.45, 7) is 4.30. The molecule has 0 aromatic rings. The summed E-state index contributed by atoms with van der Waals surface area (Å²) in [5.41, 5.74) is 0. The van der Waals surface area contributed by atoms with Crippen LogP contribution in [0.1, 0.15) is 58.3 Å². The Balaban J connectivity index is 1.74. The highest BCUT2D eigenvalue weighted by molar-refractivity contribution is 4.80. The van der Waals surface area contributed by atoms with Crippen molar-refractivity contribution in [1.82, 2.24) is 5.32 Å². The van der Waals surface area contributed by atoms with Crippen LogP contribution in [0.15, 0.2) is 0 Å². The van der Waals surface area contributed by atoms with Crippen LogP contribution in [0.5, 0.6) is 0 Å². The summed E-state index contributed by atoms with van der Waals surface area (Å²) in [5.74, 6) is 0.922. The monoisotopic (exact) mass is 225 g/mol. The van der Waals surface area contributed by atoms with Crippen molar-refractivity contribution in [1.29, 1.82) is 0 Å². The Morgan fingerprint density at radius 3 is 2.19 bits per heavy atom. The zero-order chi connectivity index (χ0) is 11.2. The molecule has 2 nitrogen and oxygen atoms in total. The number of hydrogen-bond acceptors (Lipinski definition) is 2. The van der Waals surface area contributed by atoms with Crippen molar-refractivity contribution in [3.8, 4) is 0 Å². The molecule has 16 heavy (non-hydrogen) atoms. The summed E-state index contributed by atoms with van der Waals surface area (Å²) in [6.07, 6.45) is 11.1. The molecular weight excluding hydrogens is 198 g/mol. The van der Waals surface area contributed by atoms with E-state index in [1.807, 2.05) is 0 Å². The molecule has 0 aromatic carbocycles. The van der Waals surface area contributed by atoms with Crippen molar-refractivity contribution in [2.24, 2.45) is 5.92 Å². The Bertz CT molecular complexity index is 181. The molecule has 0 radical (unpaired) electrons. The van der Waals surface area contributed by atoms with E-state index in [0.29, 0.717) is 12.1 Å². The maximum atomic E-state index is 5.41. The van der Waals surface area contributed by atoms with Gasteiger partial charge < -0.3 is 10.1 Å². The molecule has 0 unspecified atom stereocenters. The van der Waals surface area contributed by atoms with E-state index in [4.69, 9.17) is 4.74 Å². The second-order valence-electron chi connectivity index (χ2n) is 5.59. The van der Waals surface area contributed by atoms with Gasteiger partial charge in [0.05, 0.1) is 0 Å². The minimum absolute atomic E-state index is 0.709. The summed E-state index contributed by atoms with van der Waals surface area (Å²) < 4.78 is 5.41. The van der Waals surface area contributed by atoms with Crippen molar-refractivity contribution in [2.45, 2.75) is 70.4 Å². The predicted molar refractivity (Wildman–Crippen MR) is 67.6 cm³/mol. The lowest BCUT2D eigenvalue weighted by Crippen LogP contribution is -2.43. The first-order valence-corrected chi connectivity index (χ1v) is 7.20. The Hall–Kier alpha value is -0.0800. The molecule has 1 atom stereocenters. The van der Waals surface area contributed by atoms with Gasteiger partial charge in [0.25, 0.3) is 0 Å². The number of nitrogens with one attached hydrogen (secondary N) is 1. The number of hydrogen-bond donors (Lipinski definition) is 1. The highest BCUT2D eigenvalue weighted by Gasteiger charge is 2.22. The Labute approximate surface area is 100 Å². The molecule has 1 aliphatic carbocycles. The fraction of sp³-hybridized carbons (Fsp3) is 1.00. The maximum absolute atomic E-state index is 5.41. The molecule has 1 heterocycles. The van der Waals surface area contributed by atoms with Crippen LogP contribution < -0.4 is 5.32 Å². The van der Waals surface area contributed by atoms with Gasteiger partial charge in [0.1, 0.15) is 0 Å². The van der Waals surface area contributed by atoms with E-state index in [1.165, 1.54) is 51.4 Å². The second kappa shape index (κ2) is 6.61. The first-order chi connectivity index (χ1) is 7.86. The average molecular weight is 225 g/mol. The van der Waals surface area contributed by atoms with Gasteiger partial charge in [0, 0.05) is 25.3 Å². The fourth-order valence-electron chi connectivity index (χ4n) is 3.18. The Kier molecular flexibility index (Phi) is 5.11. The zero-order valence-corrected chi connectivity index (χ0v) is 10.7. The lowest BCUT2D eigenvalue weighted by Gasteiger charge is -2.31. The predicted octanol–water partition coefficient (Wildman–Crippen LogP) is 3.11.